The van der Waals surface area contributed by atoms with Crippen LogP contribution >= 0.6 is 11.3 Å². The van der Waals surface area contributed by atoms with Gasteiger partial charge in [0.2, 0.25) is 5.95 Å². The van der Waals surface area contributed by atoms with Gasteiger partial charge < -0.3 is 15.0 Å². The van der Waals surface area contributed by atoms with Gasteiger partial charge in [0.05, 0.1) is 22.8 Å². The minimum Gasteiger partial charge on any atom is -0.460 e. The minimum atomic E-state index is -0.523. The first-order chi connectivity index (χ1) is 15.6. The van der Waals surface area contributed by atoms with Crippen LogP contribution in [0.15, 0.2) is 24.5 Å². The molecule has 1 amide bonds. The summed E-state index contributed by atoms with van der Waals surface area (Å²) in [5.74, 6) is -0.506. The highest BCUT2D eigenvalue weighted by molar-refractivity contribution is 7.19. The van der Waals surface area contributed by atoms with Gasteiger partial charge in [0.15, 0.2) is 5.69 Å². The number of hydrogen-bond acceptors (Lipinski definition) is 8. The Morgan fingerprint density at radius 3 is 2.70 bits per heavy atom. The third kappa shape index (κ3) is 5.62. The molecule has 1 saturated heterocycles. The molecule has 0 atom stereocenters. The molecule has 3 aromatic heterocycles. The fraction of sp³-hybridized carbons (Fsp3) is 0.435. The number of pyridine rings is 1. The van der Waals surface area contributed by atoms with Crippen LogP contribution in [-0.2, 0) is 16.1 Å². The summed E-state index contributed by atoms with van der Waals surface area (Å²) >= 11 is 1.47. The third-order valence-electron chi connectivity index (χ3n) is 5.03. The molecule has 0 saturated carbocycles. The number of halogens is 1. The second kappa shape index (κ2) is 9.01. The molecule has 0 aromatic carbocycles. The molecule has 1 aliphatic heterocycles. The van der Waals surface area contributed by atoms with Crippen molar-refractivity contribution in [2.75, 3.05) is 18.4 Å². The van der Waals surface area contributed by atoms with Crippen molar-refractivity contribution in [3.8, 4) is 0 Å². The van der Waals surface area contributed by atoms with Gasteiger partial charge in [-0.05, 0) is 45.4 Å². The molecule has 10 heteroatoms. The Kier molecular flexibility index (Phi) is 6.29. The molecule has 4 rings (SSSR count). The normalized spacial score (nSPS) is 14.3. The number of esters is 1. The molecular formula is C23H26FN5O3S. The number of fused-ring (bicyclic) bond motifs is 1. The monoisotopic (exact) mass is 471 g/mol. The molecule has 0 unspecified atom stereocenters. The van der Waals surface area contributed by atoms with Crippen molar-refractivity contribution in [3.63, 3.8) is 0 Å². The van der Waals surface area contributed by atoms with Gasteiger partial charge in [-0.3, -0.25) is 14.6 Å². The maximum Gasteiger partial charge on any atom is 0.306 e. The van der Waals surface area contributed by atoms with Gasteiger partial charge in [0.1, 0.15) is 11.4 Å². The van der Waals surface area contributed by atoms with E-state index in [1.165, 1.54) is 17.4 Å². The Labute approximate surface area is 195 Å². The average molecular weight is 472 g/mol. The zero-order chi connectivity index (χ0) is 23.8. The summed E-state index contributed by atoms with van der Waals surface area (Å²) in [6, 6.07) is 3.29. The number of nitrogens with one attached hydrogen (secondary N) is 1. The lowest BCUT2D eigenvalue weighted by molar-refractivity contribution is -0.157. The van der Waals surface area contributed by atoms with E-state index in [1.807, 2.05) is 33.8 Å². The number of thiophene rings is 1. The van der Waals surface area contributed by atoms with Crippen molar-refractivity contribution in [1.82, 2.24) is 19.9 Å². The van der Waals surface area contributed by atoms with Gasteiger partial charge >= 0.3 is 5.97 Å². The van der Waals surface area contributed by atoms with E-state index in [0.717, 1.165) is 15.8 Å². The summed E-state index contributed by atoms with van der Waals surface area (Å²) in [6.45, 7) is 8.68. The molecule has 33 heavy (non-hydrogen) atoms. The SMILES string of the molecule is Cc1cc2nc(NCc3cncc(F)c3)nc(C(=O)N3CC(CC(=O)OC(C)(C)C)C3)c2s1. The highest BCUT2D eigenvalue weighted by Crippen LogP contribution is 2.30. The van der Waals surface area contributed by atoms with Crippen molar-refractivity contribution in [1.29, 1.82) is 0 Å². The predicted molar refractivity (Wildman–Crippen MR) is 124 cm³/mol. The molecule has 8 nitrogen and oxygen atoms in total. The van der Waals surface area contributed by atoms with Crippen molar-refractivity contribution in [2.24, 2.45) is 5.92 Å². The number of anilines is 1. The van der Waals surface area contributed by atoms with Crippen LogP contribution in [0.4, 0.5) is 10.3 Å². The smallest absolute Gasteiger partial charge is 0.306 e. The fourth-order valence-corrected chi connectivity index (χ4v) is 4.57. The average Bonchev–Trinajstić information content (AvgIpc) is 3.06. The number of ether oxygens (including phenoxy) is 1. The number of carbonyl (C=O) groups is 2. The number of nitrogens with zero attached hydrogens (tertiary/aromatic N) is 4. The zero-order valence-corrected chi connectivity index (χ0v) is 19.8. The molecular weight excluding hydrogens is 445 g/mol. The number of amides is 1. The van der Waals surface area contributed by atoms with E-state index in [0.29, 0.717) is 35.8 Å². The van der Waals surface area contributed by atoms with E-state index in [4.69, 9.17) is 4.74 Å². The van der Waals surface area contributed by atoms with Gasteiger partial charge in [-0.1, -0.05) is 0 Å². The number of likely N-dealkylation sites (tertiary alicyclic amines) is 1. The summed E-state index contributed by atoms with van der Waals surface area (Å²) in [5.41, 5.74) is 1.13. The Balaban J connectivity index is 1.46. The molecule has 1 aliphatic rings. The molecule has 0 bridgehead atoms. The zero-order valence-electron chi connectivity index (χ0n) is 19.0. The molecule has 0 spiro atoms. The van der Waals surface area contributed by atoms with E-state index >= 15 is 0 Å². The first-order valence-electron chi connectivity index (χ1n) is 10.7. The number of aromatic nitrogens is 3. The number of carbonyl (C=O) groups excluding carboxylic acids is 2. The predicted octanol–water partition coefficient (Wildman–Crippen LogP) is 3.95. The molecule has 4 heterocycles. The Bertz CT molecular complexity index is 1200. The maximum atomic E-state index is 13.4. The summed E-state index contributed by atoms with van der Waals surface area (Å²) in [4.78, 5) is 40.8. The van der Waals surface area contributed by atoms with E-state index in [2.05, 4.69) is 20.3 Å². The first kappa shape index (κ1) is 23.0. The summed E-state index contributed by atoms with van der Waals surface area (Å²) < 4.78 is 19.5. The lowest BCUT2D eigenvalue weighted by Gasteiger charge is -2.39. The van der Waals surface area contributed by atoms with Gasteiger partial charge in [-0.2, -0.15) is 0 Å². The van der Waals surface area contributed by atoms with Gasteiger partial charge in [0, 0.05) is 36.6 Å². The number of rotatable bonds is 6. The lowest BCUT2D eigenvalue weighted by Crippen LogP contribution is -2.51. The molecule has 0 aliphatic carbocycles. The third-order valence-corrected chi connectivity index (χ3v) is 6.08. The number of aryl methyl sites for hydroxylation is 1. The Hall–Kier alpha value is -3.14. The fourth-order valence-electron chi connectivity index (χ4n) is 3.64. The maximum absolute atomic E-state index is 13.4. The van der Waals surface area contributed by atoms with E-state index < -0.39 is 11.4 Å². The van der Waals surface area contributed by atoms with E-state index in [9.17, 15) is 14.0 Å². The Morgan fingerprint density at radius 2 is 2.00 bits per heavy atom. The lowest BCUT2D eigenvalue weighted by atomic mass is 9.96. The van der Waals surface area contributed by atoms with Crippen LogP contribution in [0.5, 0.6) is 0 Å². The van der Waals surface area contributed by atoms with Crippen LogP contribution in [0.3, 0.4) is 0 Å². The van der Waals surface area contributed by atoms with Crippen molar-refractivity contribution in [2.45, 2.75) is 46.3 Å². The van der Waals surface area contributed by atoms with Crippen LogP contribution in [0.1, 0.15) is 48.1 Å². The quantitative estimate of drug-likeness (QED) is 0.544. The Morgan fingerprint density at radius 1 is 1.24 bits per heavy atom. The van der Waals surface area contributed by atoms with Crippen LogP contribution in [0, 0.1) is 18.7 Å². The standard InChI is InChI=1S/C23H26FN5O3S/c1-13-5-17-20(33-13)19(28-22(27-17)26-9-14-6-16(24)10-25-8-14)21(31)29-11-15(12-29)7-18(30)32-23(2,3)4/h5-6,8,10,15H,7,9,11-12H2,1-4H3,(H,26,27,28). The molecule has 174 valence electrons. The molecule has 3 aromatic rings. The second-order valence-electron chi connectivity index (χ2n) is 9.20. The number of hydrogen-bond donors (Lipinski definition) is 1. The van der Waals surface area contributed by atoms with Crippen LogP contribution in [-0.4, -0.2) is 50.4 Å². The summed E-state index contributed by atoms with van der Waals surface area (Å²) in [6.07, 6.45) is 2.98. The second-order valence-corrected chi connectivity index (χ2v) is 10.5. The topological polar surface area (TPSA) is 97.3 Å². The van der Waals surface area contributed by atoms with Crippen LogP contribution in [0.25, 0.3) is 10.2 Å². The summed E-state index contributed by atoms with van der Waals surface area (Å²) in [5, 5.41) is 3.06. The highest BCUT2D eigenvalue weighted by Gasteiger charge is 2.35. The van der Waals surface area contributed by atoms with Gasteiger partial charge in [0.25, 0.3) is 5.91 Å². The van der Waals surface area contributed by atoms with Crippen molar-refractivity contribution < 1.29 is 18.7 Å². The van der Waals surface area contributed by atoms with Crippen molar-refractivity contribution >= 4 is 39.4 Å². The van der Waals surface area contributed by atoms with Crippen molar-refractivity contribution in [3.05, 3.63) is 46.5 Å². The van der Waals surface area contributed by atoms with Gasteiger partial charge in [-0.15, -0.1) is 11.3 Å². The first-order valence-corrected chi connectivity index (χ1v) is 11.5. The van der Waals surface area contributed by atoms with Gasteiger partial charge in [-0.25, -0.2) is 14.4 Å². The van der Waals surface area contributed by atoms with E-state index in [-0.39, 0.29) is 30.8 Å². The van der Waals surface area contributed by atoms with Crippen LogP contribution < -0.4 is 5.32 Å². The highest BCUT2D eigenvalue weighted by atomic mass is 32.1. The van der Waals surface area contributed by atoms with E-state index in [1.54, 1.807) is 11.1 Å². The molecule has 1 N–H and O–H groups in total. The van der Waals surface area contributed by atoms with Crippen LogP contribution in [0.2, 0.25) is 0 Å². The summed E-state index contributed by atoms with van der Waals surface area (Å²) in [7, 11) is 0. The largest absolute Gasteiger partial charge is 0.460 e. The molecule has 0 radical (unpaired) electrons. The molecule has 1 fully saturated rings. The minimum absolute atomic E-state index is 0.0734.